The fraction of sp³-hybridized carbons (Fsp3) is 0.625. The highest BCUT2D eigenvalue weighted by molar-refractivity contribution is 5.53. The highest BCUT2D eigenvalue weighted by Gasteiger charge is 2.17. The third-order valence-corrected chi connectivity index (χ3v) is 3.87. The molecule has 1 aromatic rings. The van der Waals surface area contributed by atoms with E-state index in [0.29, 0.717) is 23.3 Å². The summed E-state index contributed by atoms with van der Waals surface area (Å²) in [5.74, 6) is 2.06. The van der Waals surface area contributed by atoms with Gasteiger partial charge >= 0.3 is 0 Å². The van der Waals surface area contributed by atoms with Crippen LogP contribution in [0.25, 0.3) is 0 Å². The number of methoxy groups -OCH3 is 3. The van der Waals surface area contributed by atoms with Crippen LogP contribution in [0.4, 0.5) is 0 Å². The number of ether oxygens (including phenoxy) is 3. The summed E-state index contributed by atoms with van der Waals surface area (Å²) < 4.78 is 16.1. The first-order valence-corrected chi connectivity index (χ1v) is 7.38. The van der Waals surface area contributed by atoms with Gasteiger partial charge in [-0.3, -0.25) is 0 Å². The Bertz CT molecular complexity index is 434. The quantitative estimate of drug-likeness (QED) is 0.832. The third-order valence-electron chi connectivity index (χ3n) is 3.87. The summed E-state index contributed by atoms with van der Waals surface area (Å²) in [7, 11) is 7.06. The second-order valence-electron chi connectivity index (χ2n) is 5.52. The van der Waals surface area contributed by atoms with Gasteiger partial charge in [-0.2, -0.15) is 0 Å². The van der Waals surface area contributed by atoms with Crippen molar-refractivity contribution in [1.29, 1.82) is 0 Å². The molecule has 1 aliphatic rings. The van der Waals surface area contributed by atoms with Crippen molar-refractivity contribution in [1.82, 2.24) is 10.2 Å². The number of hydrogen-bond acceptors (Lipinski definition) is 5. The normalized spacial score (nSPS) is 18.0. The number of benzene rings is 1. The molecule has 5 nitrogen and oxygen atoms in total. The van der Waals surface area contributed by atoms with Crippen molar-refractivity contribution in [3.8, 4) is 17.2 Å². The third kappa shape index (κ3) is 4.02. The molecule has 1 heterocycles. The first-order valence-electron chi connectivity index (χ1n) is 7.38. The highest BCUT2D eigenvalue weighted by atomic mass is 16.5. The molecule has 21 heavy (non-hydrogen) atoms. The molecule has 1 fully saturated rings. The Hall–Kier alpha value is -1.46. The van der Waals surface area contributed by atoms with Crippen LogP contribution in [0.1, 0.15) is 18.4 Å². The molecule has 0 saturated carbocycles. The standard InChI is InChI=1S/C16H26N2O3/c1-18(11-13-6-5-7-17-13)10-12-8-14(19-2)16(21-4)15(9-12)20-3/h8-9,13,17H,5-7,10-11H2,1-4H3. The molecule has 0 spiro atoms. The zero-order valence-corrected chi connectivity index (χ0v) is 13.4. The van der Waals surface area contributed by atoms with Gasteiger partial charge < -0.3 is 24.4 Å². The van der Waals surface area contributed by atoms with E-state index >= 15 is 0 Å². The van der Waals surface area contributed by atoms with Gasteiger partial charge in [-0.15, -0.1) is 0 Å². The number of nitrogens with zero attached hydrogens (tertiary/aromatic N) is 1. The Balaban J connectivity index is 2.07. The molecule has 0 aliphatic carbocycles. The number of rotatable bonds is 7. The van der Waals surface area contributed by atoms with E-state index in [2.05, 4.69) is 17.3 Å². The second-order valence-corrected chi connectivity index (χ2v) is 5.52. The van der Waals surface area contributed by atoms with Crippen molar-refractivity contribution in [2.24, 2.45) is 0 Å². The minimum atomic E-state index is 0.608. The van der Waals surface area contributed by atoms with Crippen molar-refractivity contribution in [2.75, 3.05) is 41.5 Å². The minimum Gasteiger partial charge on any atom is -0.493 e. The molecule has 0 amide bonds. The molecule has 118 valence electrons. The van der Waals surface area contributed by atoms with Crippen LogP contribution >= 0.6 is 0 Å². The molecular formula is C16H26N2O3. The predicted molar refractivity (Wildman–Crippen MR) is 83.5 cm³/mol. The molecule has 5 heteroatoms. The van der Waals surface area contributed by atoms with Crippen molar-refractivity contribution >= 4 is 0 Å². The minimum absolute atomic E-state index is 0.608. The van der Waals surface area contributed by atoms with Gasteiger partial charge in [0.25, 0.3) is 0 Å². The maximum absolute atomic E-state index is 5.40. The molecule has 0 bridgehead atoms. The van der Waals surface area contributed by atoms with Crippen LogP contribution in [0.3, 0.4) is 0 Å². The van der Waals surface area contributed by atoms with E-state index in [9.17, 15) is 0 Å². The molecule has 1 N–H and O–H groups in total. The zero-order valence-electron chi connectivity index (χ0n) is 13.4. The summed E-state index contributed by atoms with van der Waals surface area (Å²) in [6.45, 7) is 3.05. The van der Waals surface area contributed by atoms with Gasteiger partial charge in [0.1, 0.15) is 0 Å². The van der Waals surface area contributed by atoms with Crippen molar-refractivity contribution < 1.29 is 14.2 Å². The Labute approximate surface area is 127 Å². The van der Waals surface area contributed by atoms with Crippen molar-refractivity contribution in [3.63, 3.8) is 0 Å². The van der Waals surface area contributed by atoms with Gasteiger partial charge in [0.05, 0.1) is 21.3 Å². The van der Waals surface area contributed by atoms with Crippen LogP contribution in [0.5, 0.6) is 17.2 Å². The Morgan fingerprint density at radius 2 is 1.81 bits per heavy atom. The average Bonchev–Trinajstić information content (AvgIpc) is 2.98. The Morgan fingerprint density at radius 1 is 1.14 bits per heavy atom. The number of likely N-dealkylation sites (N-methyl/N-ethyl adjacent to an activating group) is 1. The van der Waals surface area contributed by atoms with Crippen LogP contribution < -0.4 is 19.5 Å². The van der Waals surface area contributed by atoms with E-state index in [1.165, 1.54) is 12.8 Å². The van der Waals surface area contributed by atoms with Crippen LogP contribution in [-0.4, -0.2) is 52.4 Å². The molecular weight excluding hydrogens is 268 g/mol. The average molecular weight is 294 g/mol. The summed E-state index contributed by atoms with van der Waals surface area (Å²) in [6, 6.07) is 4.64. The largest absolute Gasteiger partial charge is 0.493 e. The van der Waals surface area contributed by atoms with Crippen molar-refractivity contribution in [3.05, 3.63) is 17.7 Å². The van der Waals surface area contributed by atoms with Crippen molar-refractivity contribution in [2.45, 2.75) is 25.4 Å². The second kappa shape index (κ2) is 7.52. The van der Waals surface area contributed by atoms with Gasteiger partial charge in [0.15, 0.2) is 11.5 Å². The summed E-state index contributed by atoms with van der Waals surface area (Å²) in [6.07, 6.45) is 2.54. The maximum atomic E-state index is 5.40. The lowest BCUT2D eigenvalue weighted by atomic mass is 10.1. The van der Waals surface area contributed by atoms with Crippen LogP contribution in [0, 0.1) is 0 Å². The number of hydrogen-bond donors (Lipinski definition) is 1. The smallest absolute Gasteiger partial charge is 0.203 e. The van der Waals surface area contributed by atoms with Gasteiger partial charge in [-0.25, -0.2) is 0 Å². The fourth-order valence-corrected chi connectivity index (χ4v) is 2.89. The maximum Gasteiger partial charge on any atom is 0.203 e. The van der Waals surface area contributed by atoms with Gasteiger partial charge in [-0.1, -0.05) is 0 Å². The van der Waals surface area contributed by atoms with E-state index in [1.54, 1.807) is 21.3 Å². The fourth-order valence-electron chi connectivity index (χ4n) is 2.89. The lowest BCUT2D eigenvalue weighted by Gasteiger charge is -2.22. The molecule has 0 aromatic heterocycles. The molecule has 1 atom stereocenters. The topological polar surface area (TPSA) is 43.0 Å². The van der Waals surface area contributed by atoms with E-state index in [-0.39, 0.29) is 0 Å². The summed E-state index contributed by atoms with van der Waals surface area (Å²) >= 11 is 0. The zero-order chi connectivity index (χ0) is 15.2. The molecule has 1 aliphatic heterocycles. The van der Waals surface area contributed by atoms with Gasteiger partial charge in [0.2, 0.25) is 5.75 Å². The lowest BCUT2D eigenvalue weighted by Crippen LogP contribution is -2.34. The molecule has 1 unspecified atom stereocenters. The Morgan fingerprint density at radius 3 is 2.29 bits per heavy atom. The monoisotopic (exact) mass is 294 g/mol. The van der Waals surface area contributed by atoms with E-state index in [1.807, 2.05) is 12.1 Å². The number of nitrogens with one attached hydrogen (secondary N) is 1. The van der Waals surface area contributed by atoms with E-state index in [0.717, 1.165) is 25.2 Å². The van der Waals surface area contributed by atoms with Crippen LogP contribution in [0.2, 0.25) is 0 Å². The summed E-state index contributed by atoms with van der Waals surface area (Å²) in [4.78, 5) is 2.32. The summed E-state index contributed by atoms with van der Waals surface area (Å²) in [5.41, 5.74) is 1.16. The van der Waals surface area contributed by atoms with E-state index < -0.39 is 0 Å². The molecule has 1 aromatic carbocycles. The molecule has 2 rings (SSSR count). The summed E-state index contributed by atoms with van der Waals surface area (Å²) in [5, 5.41) is 3.53. The Kier molecular flexibility index (Phi) is 5.70. The SMILES string of the molecule is COc1cc(CN(C)CC2CCCN2)cc(OC)c1OC. The van der Waals surface area contributed by atoms with Crippen LogP contribution in [0.15, 0.2) is 12.1 Å². The van der Waals surface area contributed by atoms with Gasteiger partial charge in [0, 0.05) is 19.1 Å². The van der Waals surface area contributed by atoms with Gasteiger partial charge in [-0.05, 0) is 44.1 Å². The highest BCUT2D eigenvalue weighted by Crippen LogP contribution is 2.38. The first kappa shape index (κ1) is 15.9. The molecule has 0 radical (unpaired) electrons. The predicted octanol–water partition coefficient (Wildman–Crippen LogP) is 1.90. The first-order chi connectivity index (χ1) is 10.2. The lowest BCUT2D eigenvalue weighted by molar-refractivity contribution is 0.289. The molecule has 1 saturated heterocycles. The van der Waals surface area contributed by atoms with E-state index in [4.69, 9.17) is 14.2 Å². The van der Waals surface area contributed by atoms with Crippen LogP contribution in [-0.2, 0) is 6.54 Å².